The fourth-order valence-electron chi connectivity index (χ4n) is 5.81. The Bertz CT molecular complexity index is 652. The van der Waals surface area contributed by atoms with E-state index in [1.165, 1.54) is 32.1 Å². The van der Waals surface area contributed by atoms with Gasteiger partial charge in [-0.05, 0) is 80.0 Å². The first-order chi connectivity index (χ1) is 11.8. The van der Waals surface area contributed by atoms with Crippen molar-refractivity contribution >= 4 is 39.3 Å². The highest BCUT2D eigenvalue weighted by atomic mass is 79.9. The van der Waals surface area contributed by atoms with Crippen molar-refractivity contribution < 1.29 is 13.6 Å². The number of anilines is 1. The van der Waals surface area contributed by atoms with E-state index >= 15 is 0 Å². The van der Waals surface area contributed by atoms with E-state index in [9.17, 15) is 13.6 Å². The zero-order valence-corrected chi connectivity index (χ0v) is 16.3. The summed E-state index contributed by atoms with van der Waals surface area (Å²) in [6.07, 6.45) is 7.87. The predicted octanol–water partition coefficient (Wildman–Crippen LogP) is 6.06. The number of benzene rings is 1. The molecular formula is C19H22BrF2NOS. The second kappa shape index (κ2) is 6.52. The second-order valence-electron chi connectivity index (χ2n) is 8.24. The van der Waals surface area contributed by atoms with Crippen LogP contribution < -0.4 is 5.32 Å². The number of hydrogen-bond acceptors (Lipinski definition) is 2. The molecule has 1 N–H and O–H groups in total. The third-order valence-electron chi connectivity index (χ3n) is 6.01. The van der Waals surface area contributed by atoms with E-state index < -0.39 is 5.76 Å². The van der Waals surface area contributed by atoms with Crippen molar-refractivity contribution in [2.45, 2.75) is 59.9 Å². The van der Waals surface area contributed by atoms with Crippen LogP contribution in [0.15, 0.2) is 29.2 Å². The largest absolute Gasteiger partial charge is 0.326 e. The maximum atomic E-state index is 12.6. The van der Waals surface area contributed by atoms with Crippen LogP contribution in [-0.2, 0) is 4.79 Å². The molecular weight excluding hydrogens is 408 g/mol. The Hall–Kier alpha value is -0.620. The molecule has 2 nitrogen and oxygen atoms in total. The molecule has 136 valence electrons. The molecule has 6 heteroatoms. The van der Waals surface area contributed by atoms with Crippen LogP contribution in [0.5, 0.6) is 0 Å². The van der Waals surface area contributed by atoms with Gasteiger partial charge in [0.25, 0.3) is 5.76 Å². The van der Waals surface area contributed by atoms with E-state index in [1.54, 1.807) is 24.3 Å². The van der Waals surface area contributed by atoms with Crippen molar-refractivity contribution in [2.24, 2.45) is 17.3 Å². The zero-order chi connectivity index (χ0) is 17.7. The molecule has 4 aliphatic rings. The number of nitrogens with one attached hydrogen (secondary N) is 1. The van der Waals surface area contributed by atoms with Gasteiger partial charge in [-0.25, -0.2) is 0 Å². The minimum absolute atomic E-state index is 0.0484. The Kier molecular flexibility index (Phi) is 4.64. The summed E-state index contributed by atoms with van der Waals surface area (Å²) in [4.78, 5) is 13.1. The third kappa shape index (κ3) is 3.90. The Labute approximate surface area is 159 Å². The fourth-order valence-corrected chi connectivity index (χ4v) is 7.82. The van der Waals surface area contributed by atoms with Crippen molar-refractivity contribution in [1.82, 2.24) is 0 Å². The highest BCUT2D eigenvalue weighted by Gasteiger charge is 2.57. The van der Waals surface area contributed by atoms with E-state index in [1.807, 2.05) is 0 Å². The van der Waals surface area contributed by atoms with E-state index in [0.29, 0.717) is 28.8 Å². The maximum absolute atomic E-state index is 12.6. The molecule has 0 unspecified atom stereocenters. The van der Waals surface area contributed by atoms with E-state index in [2.05, 4.69) is 21.2 Å². The highest BCUT2D eigenvalue weighted by molar-refractivity contribution is 9.10. The lowest BCUT2D eigenvalue weighted by Gasteiger charge is -2.60. The number of carbonyl (C=O) groups is 1. The first-order valence-corrected chi connectivity index (χ1v) is 10.5. The number of rotatable bonds is 5. The highest BCUT2D eigenvalue weighted by Crippen LogP contribution is 2.65. The van der Waals surface area contributed by atoms with Gasteiger partial charge in [0.1, 0.15) is 0 Å². The molecule has 4 saturated carbocycles. The van der Waals surface area contributed by atoms with E-state index in [-0.39, 0.29) is 15.6 Å². The third-order valence-corrected chi connectivity index (χ3v) is 7.66. The second-order valence-corrected chi connectivity index (χ2v) is 11.0. The molecule has 4 bridgehead atoms. The first kappa shape index (κ1) is 17.8. The molecule has 0 saturated heterocycles. The topological polar surface area (TPSA) is 29.1 Å². The lowest BCUT2D eigenvalue weighted by molar-refractivity contribution is -0.123. The number of hydrogen-bond donors (Lipinski definition) is 1. The Morgan fingerprint density at radius 3 is 2.40 bits per heavy atom. The molecule has 0 aliphatic heterocycles. The summed E-state index contributed by atoms with van der Waals surface area (Å²) < 4.78 is 25.0. The number of alkyl halides is 3. The fraction of sp³-hybridized carbons (Fsp3) is 0.632. The number of carbonyl (C=O) groups excluding carboxylic acids is 1. The molecule has 0 aromatic heterocycles. The average Bonchev–Trinajstić information content (AvgIpc) is 2.45. The zero-order valence-electron chi connectivity index (χ0n) is 13.9. The summed E-state index contributed by atoms with van der Waals surface area (Å²) in [6, 6.07) is 6.66. The molecule has 4 aliphatic carbocycles. The standard InChI is InChI=1S/C19H22BrF2NOS/c20-19-8-12-5-13(9-19)7-18(6-12,11-19)10-16(24)23-14-1-3-15(4-2-14)25-17(21)22/h1-4,12-13,17H,5-11H2,(H,23,24)/t12-,13-,18?,19?/m1/s1. The molecule has 1 aromatic carbocycles. The summed E-state index contributed by atoms with van der Waals surface area (Å²) in [7, 11) is 0. The summed E-state index contributed by atoms with van der Waals surface area (Å²) in [6.45, 7) is 0. The monoisotopic (exact) mass is 429 g/mol. The van der Waals surface area contributed by atoms with Gasteiger partial charge in [-0.2, -0.15) is 8.78 Å². The molecule has 1 amide bonds. The molecule has 0 radical (unpaired) electrons. The van der Waals surface area contributed by atoms with Crippen LogP contribution in [0.4, 0.5) is 14.5 Å². The molecule has 4 fully saturated rings. The van der Waals surface area contributed by atoms with Crippen molar-refractivity contribution in [3.63, 3.8) is 0 Å². The van der Waals surface area contributed by atoms with Gasteiger partial charge in [0, 0.05) is 21.3 Å². The number of thioether (sulfide) groups is 1. The van der Waals surface area contributed by atoms with Crippen LogP contribution in [0, 0.1) is 17.3 Å². The van der Waals surface area contributed by atoms with Crippen LogP contribution >= 0.6 is 27.7 Å². The van der Waals surface area contributed by atoms with Crippen LogP contribution in [0.2, 0.25) is 0 Å². The lowest BCUT2D eigenvalue weighted by atomic mass is 9.48. The van der Waals surface area contributed by atoms with Crippen LogP contribution in [0.3, 0.4) is 0 Å². The molecule has 0 spiro atoms. The first-order valence-electron chi connectivity index (χ1n) is 8.87. The number of halogens is 3. The smallest absolute Gasteiger partial charge is 0.288 e. The quantitative estimate of drug-likeness (QED) is 0.454. The van der Waals surface area contributed by atoms with Gasteiger partial charge in [-0.15, -0.1) is 0 Å². The minimum Gasteiger partial charge on any atom is -0.326 e. The van der Waals surface area contributed by atoms with Gasteiger partial charge in [-0.1, -0.05) is 27.7 Å². The maximum Gasteiger partial charge on any atom is 0.288 e. The summed E-state index contributed by atoms with van der Waals surface area (Å²) in [5.41, 5.74) is 0.824. The Morgan fingerprint density at radius 1 is 1.20 bits per heavy atom. The van der Waals surface area contributed by atoms with Crippen molar-refractivity contribution in [3.8, 4) is 0 Å². The Balaban J connectivity index is 1.39. The lowest BCUT2D eigenvalue weighted by Crippen LogP contribution is -2.53. The van der Waals surface area contributed by atoms with Crippen LogP contribution in [0.25, 0.3) is 0 Å². The van der Waals surface area contributed by atoms with Crippen molar-refractivity contribution in [3.05, 3.63) is 24.3 Å². The molecule has 25 heavy (non-hydrogen) atoms. The average molecular weight is 430 g/mol. The Morgan fingerprint density at radius 2 is 1.84 bits per heavy atom. The van der Waals surface area contributed by atoms with Crippen molar-refractivity contribution in [1.29, 1.82) is 0 Å². The molecule has 5 rings (SSSR count). The van der Waals surface area contributed by atoms with Crippen LogP contribution in [0.1, 0.15) is 44.9 Å². The SMILES string of the molecule is O=C(CC12C[C@H]3C[C@@H](CC(Br)(C3)C1)C2)Nc1ccc(SC(F)F)cc1. The van der Waals surface area contributed by atoms with Gasteiger partial charge >= 0.3 is 0 Å². The molecule has 0 heterocycles. The minimum atomic E-state index is -2.42. The summed E-state index contributed by atoms with van der Waals surface area (Å²) >= 11 is 4.50. The van der Waals surface area contributed by atoms with E-state index in [0.717, 1.165) is 18.3 Å². The summed E-state index contributed by atoms with van der Waals surface area (Å²) in [5.74, 6) is -0.849. The van der Waals surface area contributed by atoms with Gasteiger partial charge in [0.2, 0.25) is 5.91 Å². The number of amides is 1. The molecule has 2 atom stereocenters. The van der Waals surface area contributed by atoms with Gasteiger partial charge < -0.3 is 5.32 Å². The van der Waals surface area contributed by atoms with Crippen LogP contribution in [-0.4, -0.2) is 16.0 Å². The molecule has 1 aromatic rings. The van der Waals surface area contributed by atoms with Gasteiger partial charge in [0.05, 0.1) is 0 Å². The van der Waals surface area contributed by atoms with Gasteiger partial charge in [-0.3, -0.25) is 4.79 Å². The summed E-state index contributed by atoms with van der Waals surface area (Å²) in [5, 5.41) is 2.96. The van der Waals surface area contributed by atoms with Crippen molar-refractivity contribution in [2.75, 3.05) is 5.32 Å². The van der Waals surface area contributed by atoms with E-state index in [4.69, 9.17) is 0 Å². The normalized spacial score (nSPS) is 36.0. The predicted molar refractivity (Wildman–Crippen MR) is 100 cm³/mol. The van der Waals surface area contributed by atoms with Gasteiger partial charge in [0.15, 0.2) is 0 Å².